The molecule has 1 aromatic heterocycles. The van der Waals surface area contributed by atoms with Crippen molar-refractivity contribution in [1.82, 2.24) is 9.88 Å². The Morgan fingerprint density at radius 3 is 3.07 bits per heavy atom. The molecule has 2 aliphatic heterocycles. The van der Waals surface area contributed by atoms with Gasteiger partial charge in [0.1, 0.15) is 5.71 Å². The van der Waals surface area contributed by atoms with E-state index in [9.17, 15) is 4.79 Å². The summed E-state index contributed by atoms with van der Waals surface area (Å²) in [5.74, 6) is 6.15. The Hall–Kier alpha value is -2.88. The minimum atomic E-state index is -0.242. The number of aromatic nitrogens is 1. The Morgan fingerprint density at radius 1 is 1.33 bits per heavy atom. The average molecular weight is 381 g/mol. The van der Waals surface area contributed by atoms with E-state index in [1.165, 1.54) is 0 Å². The summed E-state index contributed by atoms with van der Waals surface area (Å²) >= 11 is 5.98. The van der Waals surface area contributed by atoms with E-state index < -0.39 is 0 Å². The zero-order chi connectivity index (χ0) is 18.6. The number of carbonyl (C=O) groups is 1. The fourth-order valence-electron chi connectivity index (χ4n) is 3.23. The number of rotatable bonds is 3. The second-order valence-electron chi connectivity index (χ2n) is 6.39. The lowest BCUT2D eigenvalue weighted by Crippen LogP contribution is -2.38. The van der Waals surface area contributed by atoms with Crippen LogP contribution < -0.4 is 5.32 Å². The molecular formula is C20H17ClN4O2. The van der Waals surface area contributed by atoms with Crippen molar-refractivity contribution in [3.63, 3.8) is 0 Å². The molecule has 0 saturated carbocycles. The maximum absolute atomic E-state index is 12.3. The number of carbonyl (C=O) groups excluding carboxylic acids is 1. The molecule has 2 unspecified atom stereocenters. The van der Waals surface area contributed by atoms with Gasteiger partial charge in [0, 0.05) is 23.3 Å². The smallest absolute Gasteiger partial charge is 0.238 e. The molecule has 1 fully saturated rings. The van der Waals surface area contributed by atoms with Crippen LogP contribution in [0.3, 0.4) is 0 Å². The molecule has 1 amide bonds. The number of hydrogen-bond donors (Lipinski definition) is 1. The van der Waals surface area contributed by atoms with Gasteiger partial charge < -0.3 is 10.2 Å². The third-order valence-corrected chi connectivity index (χ3v) is 4.73. The van der Waals surface area contributed by atoms with Gasteiger partial charge in [-0.3, -0.25) is 14.7 Å². The van der Waals surface area contributed by atoms with Crippen molar-refractivity contribution in [2.75, 3.05) is 18.4 Å². The largest absolute Gasteiger partial charge is 0.375 e. The summed E-state index contributed by atoms with van der Waals surface area (Å²) in [4.78, 5) is 23.8. The highest BCUT2D eigenvalue weighted by Gasteiger charge is 2.43. The van der Waals surface area contributed by atoms with Gasteiger partial charge in [-0.15, -0.1) is 0 Å². The van der Waals surface area contributed by atoms with Gasteiger partial charge in [0.05, 0.1) is 24.3 Å². The molecule has 3 heterocycles. The molecule has 2 atom stereocenters. The fraction of sp³-hybridized carbons (Fsp3) is 0.250. The van der Waals surface area contributed by atoms with Crippen molar-refractivity contribution in [3.8, 4) is 11.8 Å². The number of nitrogens with one attached hydrogen (secondary N) is 1. The molecule has 0 radical (unpaired) electrons. The van der Waals surface area contributed by atoms with E-state index in [0.29, 0.717) is 10.7 Å². The molecule has 2 aliphatic rings. The maximum Gasteiger partial charge on any atom is 0.238 e. The third kappa shape index (κ3) is 4.11. The number of amides is 1. The SMILES string of the molecule is O=C(CN1CCC2C(C#Cc3cccc(Cl)c3)=NOC21)Nc1cccnc1. The zero-order valence-corrected chi connectivity index (χ0v) is 15.2. The number of likely N-dealkylation sites (tertiary alicyclic amines) is 1. The summed E-state index contributed by atoms with van der Waals surface area (Å²) in [6, 6.07) is 11.0. The minimum Gasteiger partial charge on any atom is -0.375 e. The lowest BCUT2D eigenvalue weighted by molar-refractivity contribution is -0.120. The van der Waals surface area contributed by atoms with Crippen LogP contribution >= 0.6 is 11.6 Å². The number of nitrogens with zero attached hydrogens (tertiary/aromatic N) is 3. The number of anilines is 1. The van der Waals surface area contributed by atoms with Gasteiger partial charge in [0.25, 0.3) is 0 Å². The van der Waals surface area contributed by atoms with Crippen molar-refractivity contribution in [2.45, 2.75) is 12.6 Å². The molecule has 0 bridgehead atoms. The molecule has 27 heavy (non-hydrogen) atoms. The van der Waals surface area contributed by atoms with E-state index in [2.05, 4.69) is 27.3 Å². The van der Waals surface area contributed by atoms with E-state index in [4.69, 9.17) is 16.4 Å². The summed E-state index contributed by atoms with van der Waals surface area (Å²) in [7, 11) is 0. The summed E-state index contributed by atoms with van der Waals surface area (Å²) in [6.07, 6.45) is 3.89. The Kier molecular flexibility index (Phi) is 5.05. The van der Waals surface area contributed by atoms with E-state index in [1.54, 1.807) is 24.5 Å². The Bertz CT molecular complexity index is 936. The number of halogens is 1. The number of hydrogen-bond acceptors (Lipinski definition) is 5. The van der Waals surface area contributed by atoms with Gasteiger partial charge in [-0.05, 0) is 42.7 Å². The van der Waals surface area contributed by atoms with Crippen LogP contribution in [0, 0.1) is 17.8 Å². The van der Waals surface area contributed by atoms with E-state index in [0.717, 1.165) is 24.2 Å². The minimum absolute atomic E-state index is 0.0860. The molecule has 6 nitrogen and oxygen atoms in total. The molecule has 2 aromatic rings. The van der Waals surface area contributed by atoms with Crippen molar-refractivity contribution >= 4 is 28.9 Å². The van der Waals surface area contributed by atoms with Crippen LogP contribution in [-0.4, -0.2) is 40.8 Å². The number of pyridine rings is 1. The standard InChI is InChI=1S/C20H17ClN4O2/c21-15-4-1-3-14(11-15)6-7-18-17-8-10-25(20(17)27-24-18)13-19(26)23-16-5-2-9-22-12-16/h1-5,9,11-12,17,20H,8,10,13H2,(H,23,26). The number of fused-ring (bicyclic) bond motifs is 1. The van der Waals surface area contributed by atoms with E-state index >= 15 is 0 Å². The molecule has 7 heteroatoms. The first-order valence-corrected chi connectivity index (χ1v) is 9.02. The normalized spacial score (nSPS) is 20.9. The van der Waals surface area contributed by atoms with Crippen LogP contribution in [0.25, 0.3) is 0 Å². The third-order valence-electron chi connectivity index (χ3n) is 4.49. The highest BCUT2D eigenvalue weighted by atomic mass is 35.5. The average Bonchev–Trinajstić information content (AvgIpc) is 3.24. The van der Waals surface area contributed by atoms with Gasteiger partial charge in [-0.1, -0.05) is 28.7 Å². The first-order chi connectivity index (χ1) is 13.2. The van der Waals surface area contributed by atoms with Crippen LogP contribution in [0.5, 0.6) is 0 Å². The van der Waals surface area contributed by atoms with Crippen molar-refractivity contribution < 1.29 is 9.63 Å². The quantitative estimate of drug-likeness (QED) is 0.831. The number of benzene rings is 1. The molecule has 136 valence electrons. The van der Waals surface area contributed by atoms with Crippen molar-refractivity contribution in [3.05, 3.63) is 59.4 Å². The fourth-order valence-corrected chi connectivity index (χ4v) is 3.42. The summed E-state index contributed by atoms with van der Waals surface area (Å²) in [5, 5.41) is 7.61. The summed E-state index contributed by atoms with van der Waals surface area (Å²) in [5.41, 5.74) is 2.23. The van der Waals surface area contributed by atoms with E-state index in [-0.39, 0.29) is 24.6 Å². The van der Waals surface area contributed by atoms with E-state index in [1.807, 2.05) is 29.2 Å². The zero-order valence-electron chi connectivity index (χ0n) is 14.4. The Balaban J connectivity index is 1.36. The summed E-state index contributed by atoms with van der Waals surface area (Å²) in [6.45, 7) is 0.994. The second kappa shape index (κ2) is 7.78. The van der Waals surface area contributed by atoms with Crippen molar-refractivity contribution in [1.29, 1.82) is 0 Å². The topological polar surface area (TPSA) is 66.8 Å². The van der Waals surface area contributed by atoms with Gasteiger partial charge in [0.2, 0.25) is 5.91 Å². The molecular weight excluding hydrogens is 364 g/mol. The highest BCUT2D eigenvalue weighted by Crippen LogP contribution is 2.31. The van der Waals surface area contributed by atoms with Crippen LogP contribution in [0.1, 0.15) is 12.0 Å². The van der Waals surface area contributed by atoms with Gasteiger partial charge in [-0.2, -0.15) is 0 Å². The first kappa shape index (κ1) is 17.5. The monoisotopic (exact) mass is 380 g/mol. The van der Waals surface area contributed by atoms with Gasteiger partial charge in [-0.25, -0.2) is 0 Å². The lowest BCUT2D eigenvalue weighted by Gasteiger charge is -2.20. The first-order valence-electron chi connectivity index (χ1n) is 8.64. The number of oxime groups is 1. The Morgan fingerprint density at radius 2 is 2.26 bits per heavy atom. The second-order valence-corrected chi connectivity index (χ2v) is 6.82. The molecule has 1 N–H and O–H groups in total. The molecule has 1 aromatic carbocycles. The lowest BCUT2D eigenvalue weighted by atomic mass is 10.0. The predicted molar refractivity (Wildman–Crippen MR) is 103 cm³/mol. The highest BCUT2D eigenvalue weighted by molar-refractivity contribution is 6.30. The van der Waals surface area contributed by atoms with Crippen LogP contribution in [0.15, 0.2) is 53.9 Å². The maximum atomic E-state index is 12.3. The predicted octanol–water partition coefficient (Wildman–Crippen LogP) is 2.76. The molecule has 0 spiro atoms. The molecule has 1 saturated heterocycles. The van der Waals surface area contributed by atoms with Gasteiger partial charge in [0.15, 0.2) is 6.23 Å². The molecule has 4 rings (SSSR count). The van der Waals surface area contributed by atoms with Gasteiger partial charge >= 0.3 is 0 Å². The van der Waals surface area contributed by atoms with Crippen molar-refractivity contribution in [2.24, 2.45) is 11.1 Å². The van der Waals surface area contributed by atoms with Crippen LogP contribution in [-0.2, 0) is 9.63 Å². The van der Waals surface area contributed by atoms with Crippen LogP contribution in [0.4, 0.5) is 5.69 Å². The summed E-state index contributed by atoms with van der Waals surface area (Å²) < 4.78 is 0. The van der Waals surface area contributed by atoms with Crippen LogP contribution in [0.2, 0.25) is 5.02 Å². The Labute approximate surface area is 162 Å². The molecule has 0 aliphatic carbocycles.